The molecule has 7 atom stereocenters. The minimum Gasteiger partial charge on any atom is -0.393 e. The van der Waals surface area contributed by atoms with Gasteiger partial charge in [-0.05, 0) is 86.0 Å². The van der Waals surface area contributed by atoms with Crippen LogP contribution in [0.4, 0.5) is 0 Å². The van der Waals surface area contributed by atoms with Crippen LogP contribution in [0.3, 0.4) is 0 Å². The summed E-state index contributed by atoms with van der Waals surface area (Å²) in [6, 6.07) is 0. The molecule has 0 heterocycles. The van der Waals surface area contributed by atoms with E-state index in [0.29, 0.717) is 35.9 Å². The molecule has 2 nitrogen and oxygen atoms in total. The van der Waals surface area contributed by atoms with Crippen molar-refractivity contribution in [2.75, 3.05) is 0 Å². The summed E-state index contributed by atoms with van der Waals surface area (Å²) in [5.74, 6) is 2.52. The molecule has 24 heavy (non-hydrogen) atoms. The number of aliphatic hydroxyl groups excluding tert-OH is 1. The van der Waals surface area contributed by atoms with Gasteiger partial charge in [-0.2, -0.15) is 0 Å². The lowest BCUT2D eigenvalue weighted by atomic mass is 9.46. The standard InChI is InChI=1S/C22H32O2/c1-13(2)17-7-8-18-16-6-5-14-11-15(23)9-10-21(14,3)20(16)19(24)12-22(17,18)4/h11,16-20,24H,1,5-10,12H2,2-4H3. The van der Waals surface area contributed by atoms with Crippen LogP contribution in [-0.2, 0) is 4.79 Å². The quantitative estimate of drug-likeness (QED) is 0.710. The third kappa shape index (κ3) is 2.08. The number of hydrogen-bond donors (Lipinski definition) is 1. The predicted molar refractivity (Wildman–Crippen MR) is 96.4 cm³/mol. The van der Waals surface area contributed by atoms with E-state index in [0.717, 1.165) is 25.7 Å². The minimum atomic E-state index is -0.238. The van der Waals surface area contributed by atoms with E-state index in [2.05, 4.69) is 27.4 Å². The summed E-state index contributed by atoms with van der Waals surface area (Å²) in [7, 11) is 0. The molecule has 0 radical (unpaired) electrons. The Morgan fingerprint density at radius 2 is 2.00 bits per heavy atom. The predicted octanol–water partition coefficient (Wildman–Crippen LogP) is 4.68. The minimum absolute atomic E-state index is 0.0406. The number of hydrogen-bond acceptors (Lipinski definition) is 2. The fraction of sp³-hybridized carbons (Fsp3) is 0.773. The maximum Gasteiger partial charge on any atom is 0.155 e. The third-order valence-corrected chi connectivity index (χ3v) is 8.49. The molecule has 7 unspecified atom stereocenters. The summed E-state index contributed by atoms with van der Waals surface area (Å²) in [6.45, 7) is 11.2. The van der Waals surface area contributed by atoms with Gasteiger partial charge in [-0.25, -0.2) is 0 Å². The average molecular weight is 328 g/mol. The third-order valence-electron chi connectivity index (χ3n) is 8.49. The van der Waals surface area contributed by atoms with Crippen LogP contribution in [0.15, 0.2) is 23.8 Å². The number of rotatable bonds is 1. The lowest BCUT2D eigenvalue weighted by Crippen LogP contribution is -2.56. The Labute approximate surface area is 146 Å². The van der Waals surface area contributed by atoms with Crippen molar-refractivity contribution in [3.05, 3.63) is 23.8 Å². The molecule has 3 saturated carbocycles. The summed E-state index contributed by atoms with van der Waals surface area (Å²) in [5, 5.41) is 11.2. The number of carbonyl (C=O) groups is 1. The first kappa shape index (κ1) is 16.6. The van der Waals surface area contributed by atoms with Crippen LogP contribution in [0.1, 0.15) is 65.7 Å². The zero-order valence-corrected chi connectivity index (χ0v) is 15.5. The normalized spacial score (nSPS) is 50.6. The number of ketones is 1. The Hall–Kier alpha value is -0.890. The van der Waals surface area contributed by atoms with Gasteiger partial charge in [0.15, 0.2) is 5.78 Å². The molecule has 2 heteroatoms. The van der Waals surface area contributed by atoms with Crippen LogP contribution in [0, 0.1) is 34.5 Å². The second-order valence-electron chi connectivity index (χ2n) is 9.64. The number of allylic oxidation sites excluding steroid dienone is 2. The maximum absolute atomic E-state index is 11.9. The molecular weight excluding hydrogens is 296 g/mol. The first-order valence-corrected chi connectivity index (χ1v) is 9.85. The Morgan fingerprint density at radius 1 is 1.25 bits per heavy atom. The van der Waals surface area contributed by atoms with Gasteiger partial charge in [-0.3, -0.25) is 4.79 Å². The fourth-order valence-electron chi connectivity index (χ4n) is 7.50. The second-order valence-corrected chi connectivity index (χ2v) is 9.64. The Morgan fingerprint density at radius 3 is 2.71 bits per heavy atom. The van der Waals surface area contributed by atoms with Crippen LogP contribution in [-0.4, -0.2) is 17.0 Å². The smallest absolute Gasteiger partial charge is 0.155 e. The Bertz CT molecular complexity index is 617. The van der Waals surface area contributed by atoms with E-state index < -0.39 is 0 Å². The SMILES string of the molecule is C=C(C)C1CCC2C3CCC4=CC(=O)CCC4(C)C3C(O)CC12C. The summed E-state index contributed by atoms with van der Waals surface area (Å²) in [5.41, 5.74) is 2.89. The lowest BCUT2D eigenvalue weighted by Gasteiger charge is -2.60. The molecule has 4 aliphatic carbocycles. The topological polar surface area (TPSA) is 37.3 Å². The van der Waals surface area contributed by atoms with E-state index in [9.17, 15) is 9.90 Å². The van der Waals surface area contributed by atoms with E-state index in [4.69, 9.17) is 0 Å². The van der Waals surface area contributed by atoms with Gasteiger partial charge in [-0.1, -0.05) is 31.6 Å². The molecule has 0 amide bonds. The van der Waals surface area contributed by atoms with Crippen molar-refractivity contribution in [3.8, 4) is 0 Å². The van der Waals surface area contributed by atoms with E-state index in [-0.39, 0.29) is 16.9 Å². The van der Waals surface area contributed by atoms with Gasteiger partial charge >= 0.3 is 0 Å². The lowest BCUT2D eigenvalue weighted by molar-refractivity contribution is -0.131. The molecule has 0 aromatic carbocycles. The molecule has 0 saturated heterocycles. The van der Waals surface area contributed by atoms with E-state index >= 15 is 0 Å². The second kappa shape index (κ2) is 5.30. The number of carbonyl (C=O) groups excluding carboxylic acids is 1. The van der Waals surface area contributed by atoms with Gasteiger partial charge < -0.3 is 5.11 Å². The summed E-state index contributed by atoms with van der Waals surface area (Å²) in [4.78, 5) is 11.9. The molecule has 4 aliphatic rings. The highest BCUT2D eigenvalue weighted by Crippen LogP contribution is 2.67. The molecule has 4 rings (SSSR count). The van der Waals surface area contributed by atoms with Gasteiger partial charge in [-0.15, -0.1) is 0 Å². The number of fused-ring (bicyclic) bond motifs is 5. The molecule has 0 bridgehead atoms. The molecule has 0 spiro atoms. The largest absolute Gasteiger partial charge is 0.393 e. The molecular formula is C22H32O2. The average Bonchev–Trinajstić information content (AvgIpc) is 2.84. The van der Waals surface area contributed by atoms with Crippen molar-refractivity contribution in [1.82, 2.24) is 0 Å². The summed E-state index contributed by atoms with van der Waals surface area (Å²) in [6.07, 6.45) is 8.92. The molecule has 0 aromatic rings. The van der Waals surface area contributed by atoms with Gasteiger partial charge in [0.2, 0.25) is 0 Å². The van der Waals surface area contributed by atoms with Gasteiger partial charge in [0, 0.05) is 6.42 Å². The van der Waals surface area contributed by atoms with Crippen LogP contribution in [0.25, 0.3) is 0 Å². The van der Waals surface area contributed by atoms with Crippen LogP contribution >= 0.6 is 0 Å². The Kier molecular flexibility index (Phi) is 3.66. The zero-order valence-electron chi connectivity index (χ0n) is 15.5. The van der Waals surface area contributed by atoms with Gasteiger partial charge in [0.25, 0.3) is 0 Å². The van der Waals surface area contributed by atoms with Crippen LogP contribution in [0.2, 0.25) is 0 Å². The van der Waals surface area contributed by atoms with Crippen molar-refractivity contribution in [1.29, 1.82) is 0 Å². The zero-order chi connectivity index (χ0) is 17.3. The van der Waals surface area contributed by atoms with Crippen molar-refractivity contribution >= 4 is 5.78 Å². The van der Waals surface area contributed by atoms with E-state index in [1.165, 1.54) is 24.0 Å². The first-order valence-electron chi connectivity index (χ1n) is 9.85. The van der Waals surface area contributed by atoms with Gasteiger partial charge in [0.05, 0.1) is 6.10 Å². The van der Waals surface area contributed by atoms with Crippen molar-refractivity contribution in [2.45, 2.75) is 71.8 Å². The molecule has 0 aromatic heterocycles. The van der Waals surface area contributed by atoms with Gasteiger partial charge in [0.1, 0.15) is 0 Å². The summed E-state index contributed by atoms with van der Waals surface area (Å²) < 4.78 is 0. The summed E-state index contributed by atoms with van der Waals surface area (Å²) >= 11 is 0. The fourth-order valence-corrected chi connectivity index (χ4v) is 7.50. The first-order chi connectivity index (χ1) is 11.3. The van der Waals surface area contributed by atoms with Crippen LogP contribution < -0.4 is 0 Å². The van der Waals surface area contributed by atoms with Crippen molar-refractivity contribution in [2.24, 2.45) is 34.5 Å². The van der Waals surface area contributed by atoms with Crippen molar-refractivity contribution in [3.63, 3.8) is 0 Å². The molecule has 0 aliphatic heterocycles. The van der Waals surface area contributed by atoms with Crippen molar-refractivity contribution < 1.29 is 9.90 Å². The Balaban J connectivity index is 1.72. The monoisotopic (exact) mass is 328 g/mol. The highest BCUT2D eigenvalue weighted by Gasteiger charge is 2.61. The molecule has 1 N–H and O–H groups in total. The molecule has 3 fully saturated rings. The number of aliphatic hydroxyl groups is 1. The van der Waals surface area contributed by atoms with Crippen LogP contribution in [0.5, 0.6) is 0 Å². The highest BCUT2D eigenvalue weighted by atomic mass is 16.3. The molecule has 132 valence electrons. The van der Waals surface area contributed by atoms with E-state index in [1.54, 1.807) is 0 Å². The maximum atomic E-state index is 11.9. The van der Waals surface area contributed by atoms with E-state index in [1.807, 2.05) is 6.08 Å². The highest BCUT2D eigenvalue weighted by molar-refractivity contribution is 5.91.